The summed E-state index contributed by atoms with van der Waals surface area (Å²) < 4.78 is 5.90. The molecule has 114 valence electrons. The fourth-order valence-electron chi connectivity index (χ4n) is 3.73. The number of nitrogens with zero attached hydrogens (tertiary/aromatic N) is 2. The first kappa shape index (κ1) is 14.3. The van der Waals surface area contributed by atoms with Crippen LogP contribution in [0.3, 0.4) is 0 Å². The minimum atomic E-state index is 0.0844. The monoisotopic (exact) mass is 282 g/mol. The van der Waals surface area contributed by atoms with Crippen LogP contribution < -0.4 is 0 Å². The Morgan fingerprint density at radius 2 is 2.10 bits per heavy atom. The normalized spacial score (nSPS) is 35.6. The first-order valence-corrected chi connectivity index (χ1v) is 8.08. The van der Waals surface area contributed by atoms with Crippen LogP contribution in [0.15, 0.2) is 0 Å². The zero-order chi connectivity index (χ0) is 13.9. The van der Waals surface area contributed by atoms with Gasteiger partial charge in [0.1, 0.15) is 0 Å². The van der Waals surface area contributed by atoms with Crippen LogP contribution in [0.2, 0.25) is 0 Å². The van der Waals surface area contributed by atoms with E-state index in [1.54, 1.807) is 5.06 Å². The number of fused-ring (bicyclic) bond motifs is 1. The van der Waals surface area contributed by atoms with Crippen molar-refractivity contribution in [1.29, 1.82) is 0 Å². The average Bonchev–Trinajstić information content (AvgIpc) is 2.54. The van der Waals surface area contributed by atoms with E-state index in [4.69, 9.17) is 9.57 Å². The van der Waals surface area contributed by atoms with E-state index >= 15 is 0 Å². The summed E-state index contributed by atoms with van der Waals surface area (Å²) in [4.78, 5) is 20.7. The minimum absolute atomic E-state index is 0.0844. The van der Waals surface area contributed by atoms with Crippen LogP contribution in [-0.4, -0.2) is 61.4 Å². The molecule has 3 aliphatic rings. The van der Waals surface area contributed by atoms with Crippen LogP contribution in [0.25, 0.3) is 0 Å². The van der Waals surface area contributed by atoms with Crippen molar-refractivity contribution in [1.82, 2.24) is 9.96 Å². The van der Waals surface area contributed by atoms with Crippen LogP contribution in [-0.2, 0) is 14.4 Å². The van der Waals surface area contributed by atoms with Gasteiger partial charge in [0, 0.05) is 38.1 Å². The molecule has 3 aliphatic heterocycles. The van der Waals surface area contributed by atoms with Gasteiger partial charge in [-0.15, -0.1) is 0 Å². The van der Waals surface area contributed by atoms with Crippen molar-refractivity contribution >= 4 is 5.91 Å². The van der Waals surface area contributed by atoms with Gasteiger partial charge in [-0.1, -0.05) is 6.92 Å². The van der Waals surface area contributed by atoms with Gasteiger partial charge in [-0.05, 0) is 32.2 Å². The lowest BCUT2D eigenvalue weighted by molar-refractivity contribution is -0.209. The molecule has 3 fully saturated rings. The summed E-state index contributed by atoms with van der Waals surface area (Å²) in [5.74, 6) is 0.623. The first-order valence-electron chi connectivity index (χ1n) is 8.08. The van der Waals surface area contributed by atoms with E-state index in [9.17, 15) is 4.79 Å². The highest BCUT2D eigenvalue weighted by atomic mass is 16.7. The zero-order valence-corrected chi connectivity index (χ0v) is 12.4. The summed E-state index contributed by atoms with van der Waals surface area (Å²) in [7, 11) is 0. The van der Waals surface area contributed by atoms with Crippen LogP contribution in [0, 0.1) is 11.8 Å². The van der Waals surface area contributed by atoms with E-state index in [1.807, 2.05) is 0 Å². The quantitative estimate of drug-likeness (QED) is 0.765. The first-order chi connectivity index (χ1) is 9.79. The molecule has 0 aromatic heterocycles. The van der Waals surface area contributed by atoms with Crippen molar-refractivity contribution < 1.29 is 14.4 Å². The van der Waals surface area contributed by atoms with Crippen LogP contribution >= 0.6 is 0 Å². The molecule has 5 heteroatoms. The molecule has 0 saturated carbocycles. The number of likely N-dealkylation sites (tertiary alicyclic amines) is 1. The van der Waals surface area contributed by atoms with E-state index < -0.39 is 0 Å². The largest absolute Gasteiger partial charge is 0.378 e. The number of ether oxygens (including phenoxy) is 1. The Bertz CT molecular complexity index is 344. The third-order valence-corrected chi connectivity index (χ3v) is 4.97. The highest BCUT2D eigenvalue weighted by Gasteiger charge is 2.43. The van der Waals surface area contributed by atoms with Gasteiger partial charge in [0.25, 0.3) is 0 Å². The van der Waals surface area contributed by atoms with Crippen molar-refractivity contribution in [2.24, 2.45) is 11.8 Å². The van der Waals surface area contributed by atoms with Gasteiger partial charge in [0.2, 0.25) is 5.91 Å². The SMILES string of the molecule is CCN1CC[C@@H]2OCC[C@H](C(=O)N3CCCCO3)[C@H]2C1. The number of carbonyl (C=O) groups excluding carboxylic acids is 1. The number of hydroxylamine groups is 2. The zero-order valence-electron chi connectivity index (χ0n) is 12.4. The number of piperidine rings is 1. The molecule has 5 nitrogen and oxygen atoms in total. The maximum atomic E-state index is 12.7. The van der Waals surface area contributed by atoms with Crippen molar-refractivity contribution in [3.8, 4) is 0 Å². The predicted octanol–water partition coefficient (Wildman–Crippen LogP) is 1.29. The second kappa shape index (κ2) is 6.41. The average molecular weight is 282 g/mol. The van der Waals surface area contributed by atoms with Gasteiger partial charge >= 0.3 is 0 Å². The fraction of sp³-hybridized carbons (Fsp3) is 0.933. The third kappa shape index (κ3) is 2.85. The lowest BCUT2D eigenvalue weighted by atomic mass is 9.79. The Labute approximate surface area is 121 Å². The molecular weight excluding hydrogens is 256 g/mol. The maximum absolute atomic E-state index is 12.7. The maximum Gasteiger partial charge on any atom is 0.249 e. The summed E-state index contributed by atoms with van der Waals surface area (Å²) in [6, 6.07) is 0. The molecule has 3 saturated heterocycles. The smallest absolute Gasteiger partial charge is 0.249 e. The van der Waals surface area contributed by atoms with Crippen molar-refractivity contribution in [2.75, 3.05) is 39.4 Å². The van der Waals surface area contributed by atoms with Gasteiger partial charge in [-0.3, -0.25) is 9.63 Å². The number of rotatable bonds is 2. The lowest BCUT2D eigenvalue weighted by Gasteiger charge is -2.45. The van der Waals surface area contributed by atoms with E-state index in [-0.39, 0.29) is 17.9 Å². The Hall–Kier alpha value is -0.650. The number of carbonyl (C=O) groups is 1. The molecule has 0 aliphatic carbocycles. The standard InChI is InChI=1S/C15H26N2O3/c1-2-16-8-5-14-13(11-16)12(6-10-19-14)15(18)17-7-3-4-9-20-17/h12-14H,2-11H2,1H3/t12-,13+,14-/m0/s1. The van der Waals surface area contributed by atoms with Gasteiger partial charge in [0.05, 0.1) is 12.7 Å². The number of hydrogen-bond acceptors (Lipinski definition) is 4. The minimum Gasteiger partial charge on any atom is -0.378 e. The molecule has 20 heavy (non-hydrogen) atoms. The number of amides is 1. The molecule has 3 heterocycles. The Kier molecular flexibility index (Phi) is 4.58. The summed E-state index contributed by atoms with van der Waals surface area (Å²) >= 11 is 0. The molecular formula is C15H26N2O3. The molecule has 0 bridgehead atoms. The molecule has 0 aromatic carbocycles. The Morgan fingerprint density at radius 3 is 2.85 bits per heavy atom. The predicted molar refractivity (Wildman–Crippen MR) is 75.0 cm³/mol. The van der Waals surface area contributed by atoms with Crippen molar-refractivity contribution in [2.45, 2.75) is 38.7 Å². The molecule has 3 rings (SSSR count). The van der Waals surface area contributed by atoms with Gasteiger partial charge < -0.3 is 9.64 Å². The summed E-state index contributed by atoms with van der Waals surface area (Å²) in [5.41, 5.74) is 0. The molecule has 1 amide bonds. The van der Waals surface area contributed by atoms with Gasteiger partial charge in [0.15, 0.2) is 0 Å². The van der Waals surface area contributed by atoms with Crippen molar-refractivity contribution in [3.05, 3.63) is 0 Å². The lowest BCUT2D eigenvalue weighted by Crippen LogP contribution is -2.54. The van der Waals surface area contributed by atoms with Crippen LogP contribution in [0.5, 0.6) is 0 Å². The number of hydrogen-bond donors (Lipinski definition) is 0. The summed E-state index contributed by atoms with van der Waals surface area (Å²) in [6.45, 7) is 7.50. The Morgan fingerprint density at radius 1 is 1.20 bits per heavy atom. The highest BCUT2D eigenvalue weighted by Crippen LogP contribution is 2.34. The van der Waals surface area contributed by atoms with Gasteiger partial charge in [-0.2, -0.15) is 0 Å². The van der Waals surface area contributed by atoms with Gasteiger partial charge in [-0.25, -0.2) is 5.06 Å². The third-order valence-electron chi connectivity index (χ3n) is 4.97. The molecule has 0 radical (unpaired) electrons. The second-order valence-corrected chi connectivity index (χ2v) is 6.13. The fourth-order valence-corrected chi connectivity index (χ4v) is 3.73. The topological polar surface area (TPSA) is 42.0 Å². The Balaban J connectivity index is 1.68. The highest BCUT2D eigenvalue weighted by molar-refractivity contribution is 5.78. The van der Waals surface area contributed by atoms with Crippen LogP contribution in [0.1, 0.15) is 32.6 Å². The molecule has 0 N–H and O–H groups in total. The van der Waals surface area contributed by atoms with E-state index in [0.29, 0.717) is 12.5 Å². The molecule has 0 aromatic rings. The molecule has 0 spiro atoms. The molecule has 3 atom stereocenters. The van der Waals surface area contributed by atoms with E-state index in [2.05, 4.69) is 11.8 Å². The summed E-state index contributed by atoms with van der Waals surface area (Å²) in [6.07, 6.45) is 4.29. The molecule has 0 unspecified atom stereocenters. The van der Waals surface area contributed by atoms with Crippen molar-refractivity contribution in [3.63, 3.8) is 0 Å². The summed E-state index contributed by atoms with van der Waals surface area (Å²) in [5, 5.41) is 1.63. The van der Waals surface area contributed by atoms with E-state index in [1.165, 1.54) is 0 Å². The second-order valence-electron chi connectivity index (χ2n) is 6.13. The van der Waals surface area contributed by atoms with Crippen LogP contribution in [0.4, 0.5) is 0 Å². The van der Waals surface area contributed by atoms with E-state index in [0.717, 1.165) is 58.5 Å².